The molecule has 168 valence electrons. The summed E-state index contributed by atoms with van der Waals surface area (Å²) in [6, 6.07) is 15.3. The number of rotatable bonds is 6. The van der Waals surface area contributed by atoms with Crippen LogP contribution in [0.5, 0.6) is 5.75 Å². The van der Waals surface area contributed by atoms with Gasteiger partial charge >= 0.3 is 0 Å². The fourth-order valence-corrected chi connectivity index (χ4v) is 5.21. The lowest BCUT2D eigenvalue weighted by molar-refractivity contribution is -0.112. The van der Waals surface area contributed by atoms with Crippen LogP contribution in [0, 0.1) is 14.9 Å². The quantitative estimate of drug-likeness (QED) is 0.159. The zero-order chi connectivity index (χ0) is 24.1. The van der Waals surface area contributed by atoms with Crippen molar-refractivity contribution in [3.05, 3.63) is 93.4 Å². The van der Waals surface area contributed by atoms with Gasteiger partial charge in [-0.25, -0.2) is 0 Å². The van der Waals surface area contributed by atoms with E-state index in [-0.39, 0.29) is 12.2 Å². The van der Waals surface area contributed by atoms with Gasteiger partial charge in [-0.2, -0.15) is 5.26 Å². The van der Waals surface area contributed by atoms with Crippen molar-refractivity contribution in [3.63, 3.8) is 0 Å². The van der Waals surface area contributed by atoms with Gasteiger partial charge in [0.05, 0.1) is 18.1 Å². The summed E-state index contributed by atoms with van der Waals surface area (Å²) >= 11 is 29.6. The molecule has 0 bridgehead atoms. The lowest BCUT2D eigenvalue weighted by Crippen LogP contribution is -2.13. The predicted molar refractivity (Wildman–Crippen MR) is 146 cm³/mol. The summed E-state index contributed by atoms with van der Waals surface area (Å²) in [7, 11) is 0. The molecule has 0 saturated carbocycles. The molecule has 3 rings (SSSR count). The summed E-state index contributed by atoms with van der Waals surface area (Å²) in [4.78, 5) is 12.6. The maximum Gasteiger partial charge on any atom is 0.266 e. The van der Waals surface area contributed by atoms with Crippen LogP contribution >= 0.6 is 84.9 Å². The summed E-state index contributed by atoms with van der Waals surface area (Å²) in [6.45, 7) is 0.245. The summed E-state index contributed by atoms with van der Waals surface area (Å²) in [5.41, 5.74) is 1.78. The molecule has 0 radical (unpaired) electrons. The summed E-state index contributed by atoms with van der Waals surface area (Å²) in [5, 5.41) is 13.9. The van der Waals surface area contributed by atoms with Crippen molar-refractivity contribution in [2.45, 2.75) is 6.61 Å². The largest absolute Gasteiger partial charge is 0.487 e. The lowest BCUT2D eigenvalue weighted by Gasteiger charge is -2.13. The Balaban J connectivity index is 1.78. The predicted octanol–water partition coefficient (Wildman–Crippen LogP) is 8.79. The number of nitrogens with zero attached hydrogens (tertiary/aromatic N) is 1. The number of amides is 1. The van der Waals surface area contributed by atoms with Crippen LogP contribution in [0.25, 0.3) is 6.08 Å². The zero-order valence-corrected chi connectivity index (χ0v) is 23.2. The number of anilines is 1. The Morgan fingerprint density at radius 2 is 1.82 bits per heavy atom. The second-order valence-corrected chi connectivity index (χ2v) is 10.3. The van der Waals surface area contributed by atoms with Crippen molar-refractivity contribution < 1.29 is 9.53 Å². The molecule has 0 aliphatic heterocycles. The molecule has 3 aromatic carbocycles. The van der Waals surface area contributed by atoms with Gasteiger partial charge in [-0.05, 0) is 92.6 Å². The van der Waals surface area contributed by atoms with Crippen molar-refractivity contribution >= 4 is 103 Å². The van der Waals surface area contributed by atoms with E-state index in [0.29, 0.717) is 41.6 Å². The minimum absolute atomic E-state index is 0.0783. The van der Waals surface area contributed by atoms with Gasteiger partial charge in [0.15, 0.2) is 0 Å². The van der Waals surface area contributed by atoms with Crippen LogP contribution in [-0.4, -0.2) is 5.91 Å². The van der Waals surface area contributed by atoms with Gasteiger partial charge < -0.3 is 10.1 Å². The Labute approximate surface area is 232 Å². The Morgan fingerprint density at radius 3 is 2.45 bits per heavy atom. The molecule has 1 N–H and O–H groups in total. The monoisotopic (exact) mass is 694 g/mol. The number of carbonyl (C=O) groups excluding carboxylic acids is 1. The highest BCUT2D eigenvalue weighted by Crippen LogP contribution is 2.34. The van der Waals surface area contributed by atoms with E-state index in [0.717, 1.165) is 9.13 Å². The Bertz CT molecular complexity index is 1290. The van der Waals surface area contributed by atoms with Gasteiger partial charge in [0.25, 0.3) is 5.91 Å². The van der Waals surface area contributed by atoms with Crippen LogP contribution in [0.2, 0.25) is 20.1 Å². The van der Waals surface area contributed by atoms with Crippen LogP contribution in [0.1, 0.15) is 11.1 Å². The average Bonchev–Trinajstić information content (AvgIpc) is 2.75. The molecule has 0 aliphatic carbocycles. The molecule has 0 unspecified atom stereocenters. The molecule has 0 aromatic heterocycles. The van der Waals surface area contributed by atoms with E-state index in [9.17, 15) is 10.1 Å². The van der Waals surface area contributed by atoms with Crippen LogP contribution in [-0.2, 0) is 11.4 Å². The van der Waals surface area contributed by atoms with Crippen molar-refractivity contribution in [1.29, 1.82) is 5.26 Å². The van der Waals surface area contributed by atoms with E-state index < -0.39 is 5.91 Å². The number of halogens is 6. The van der Waals surface area contributed by atoms with Crippen molar-refractivity contribution in [2.75, 3.05) is 5.32 Å². The van der Waals surface area contributed by atoms with Gasteiger partial charge in [-0.3, -0.25) is 4.79 Å². The molecule has 10 heteroatoms. The Kier molecular flexibility index (Phi) is 9.34. The van der Waals surface area contributed by atoms with E-state index in [1.807, 2.05) is 6.07 Å². The topological polar surface area (TPSA) is 62.1 Å². The molecular formula is C23H12BrCl4IN2O2. The van der Waals surface area contributed by atoms with Gasteiger partial charge in [0.1, 0.15) is 24.0 Å². The highest BCUT2D eigenvalue weighted by molar-refractivity contribution is 14.1. The van der Waals surface area contributed by atoms with Gasteiger partial charge in [0, 0.05) is 21.3 Å². The third-order valence-corrected chi connectivity index (χ3v) is 6.98. The Hall–Kier alpha value is -1.47. The van der Waals surface area contributed by atoms with E-state index in [1.165, 1.54) is 12.1 Å². The number of nitriles is 1. The molecule has 0 saturated heterocycles. The Morgan fingerprint density at radius 1 is 1.06 bits per heavy atom. The second-order valence-electron chi connectivity index (χ2n) is 6.59. The van der Waals surface area contributed by atoms with Crippen LogP contribution in [0.4, 0.5) is 5.69 Å². The minimum atomic E-state index is -0.570. The fraction of sp³-hybridized carbons (Fsp3) is 0.0435. The van der Waals surface area contributed by atoms with Gasteiger partial charge in [-0.1, -0.05) is 52.5 Å². The van der Waals surface area contributed by atoms with Crippen LogP contribution in [0.3, 0.4) is 0 Å². The molecule has 33 heavy (non-hydrogen) atoms. The van der Waals surface area contributed by atoms with E-state index in [2.05, 4.69) is 43.8 Å². The summed E-state index contributed by atoms with van der Waals surface area (Å²) in [6.07, 6.45) is 1.49. The minimum Gasteiger partial charge on any atom is -0.487 e. The molecule has 0 fully saturated rings. The molecule has 0 heterocycles. The smallest absolute Gasteiger partial charge is 0.266 e. The van der Waals surface area contributed by atoms with E-state index in [1.54, 1.807) is 42.5 Å². The number of hydrogen-bond donors (Lipinski definition) is 1. The first-order valence-corrected chi connectivity index (χ1v) is 12.5. The average molecular weight is 697 g/mol. The summed E-state index contributed by atoms with van der Waals surface area (Å²) in [5.74, 6) is 0.0391. The molecule has 1 amide bonds. The number of carbonyl (C=O) groups is 1. The summed E-state index contributed by atoms with van der Waals surface area (Å²) < 4.78 is 7.38. The van der Waals surface area contributed by atoms with Gasteiger partial charge in [-0.15, -0.1) is 0 Å². The number of nitrogens with one attached hydrogen (secondary N) is 1. The highest BCUT2D eigenvalue weighted by Gasteiger charge is 2.14. The molecule has 0 spiro atoms. The molecular weight excluding hydrogens is 685 g/mol. The first kappa shape index (κ1) is 26.1. The molecule has 4 nitrogen and oxygen atoms in total. The third kappa shape index (κ3) is 7.01. The first-order chi connectivity index (χ1) is 15.7. The van der Waals surface area contributed by atoms with Crippen LogP contribution in [0.15, 0.2) is 58.6 Å². The SMILES string of the molecule is N#C/C(=C\c1cc(Br)c(OCc2ccc(Cl)cc2Cl)c(I)c1)C(=O)Nc1ccc(Cl)c(Cl)c1. The van der Waals surface area contributed by atoms with Crippen LogP contribution < -0.4 is 10.1 Å². The van der Waals surface area contributed by atoms with E-state index >= 15 is 0 Å². The maximum absolute atomic E-state index is 12.6. The first-order valence-electron chi connectivity index (χ1n) is 9.12. The standard InChI is InChI=1S/C23H12BrCl4IN2O2/c24-17-6-12(5-14(10-30)23(32)31-16-3-4-18(26)20(28)9-16)7-21(29)22(17)33-11-13-1-2-15(25)8-19(13)27/h1-9H,11H2,(H,31,32)/b14-5+. The van der Waals surface area contributed by atoms with Crippen molar-refractivity contribution in [2.24, 2.45) is 0 Å². The van der Waals surface area contributed by atoms with E-state index in [4.69, 9.17) is 51.1 Å². The molecule has 0 aliphatic rings. The second kappa shape index (κ2) is 11.8. The molecule has 3 aromatic rings. The lowest BCUT2D eigenvalue weighted by atomic mass is 10.1. The zero-order valence-electron chi connectivity index (χ0n) is 16.4. The maximum atomic E-state index is 12.6. The fourth-order valence-electron chi connectivity index (χ4n) is 2.68. The highest BCUT2D eigenvalue weighted by atomic mass is 127. The third-order valence-electron chi connectivity index (χ3n) is 4.26. The van der Waals surface area contributed by atoms with Crippen molar-refractivity contribution in [1.82, 2.24) is 0 Å². The number of benzene rings is 3. The normalized spacial score (nSPS) is 11.1. The number of hydrogen-bond acceptors (Lipinski definition) is 3. The van der Waals surface area contributed by atoms with Crippen molar-refractivity contribution in [3.8, 4) is 11.8 Å². The number of ether oxygens (including phenoxy) is 1. The van der Waals surface area contributed by atoms with Gasteiger partial charge in [0.2, 0.25) is 0 Å². The molecule has 0 atom stereocenters.